The Bertz CT molecular complexity index is 537. The number of ether oxygens (including phenoxy) is 1. The summed E-state index contributed by atoms with van der Waals surface area (Å²) in [5.41, 5.74) is 0.841. The molecule has 1 saturated heterocycles. The summed E-state index contributed by atoms with van der Waals surface area (Å²) in [6.45, 7) is 4.63. The number of hydrogen-bond donors (Lipinski definition) is 1. The Balaban J connectivity index is 1.78. The van der Waals surface area contributed by atoms with E-state index in [1.165, 1.54) is 0 Å². The smallest absolute Gasteiger partial charge is 0.239 e. The predicted octanol–water partition coefficient (Wildman–Crippen LogP) is -0.542. The van der Waals surface area contributed by atoms with Crippen LogP contribution in [0.5, 0.6) is 0 Å². The molecule has 2 rings (SSSR count). The summed E-state index contributed by atoms with van der Waals surface area (Å²) in [4.78, 5) is 27.6. The van der Waals surface area contributed by atoms with Gasteiger partial charge in [-0.3, -0.25) is 19.2 Å². The van der Waals surface area contributed by atoms with E-state index in [-0.39, 0.29) is 24.9 Å². The molecule has 0 unspecified atom stereocenters. The predicted molar refractivity (Wildman–Crippen MR) is 81.5 cm³/mol. The zero-order chi connectivity index (χ0) is 16.1. The highest BCUT2D eigenvalue weighted by atomic mass is 16.5. The van der Waals surface area contributed by atoms with E-state index in [1.807, 2.05) is 6.92 Å². The van der Waals surface area contributed by atoms with Crippen LogP contribution in [0.4, 0.5) is 5.82 Å². The molecule has 122 valence electrons. The van der Waals surface area contributed by atoms with Crippen molar-refractivity contribution in [3.63, 3.8) is 0 Å². The van der Waals surface area contributed by atoms with Crippen LogP contribution in [0.25, 0.3) is 0 Å². The van der Waals surface area contributed by atoms with E-state index in [1.54, 1.807) is 34.6 Å². The maximum absolute atomic E-state index is 12.1. The molecule has 22 heavy (non-hydrogen) atoms. The third kappa shape index (κ3) is 4.54. The fraction of sp³-hybridized carbons (Fsp3) is 0.643. The van der Waals surface area contributed by atoms with Gasteiger partial charge in [-0.15, -0.1) is 0 Å². The van der Waals surface area contributed by atoms with Crippen molar-refractivity contribution < 1.29 is 14.3 Å². The second kappa shape index (κ2) is 7.37. The van der Waals surface area contributed by atoms with Gasteiger partial charge < -0.3 is 15.0 Å². The van der Waals surface area contributed by atoms with Gasteiger partial charge in [-0.05, 0) is 14.0 Å². The summed E-state index contributed by atoms with van der Waals surface area (Å²) < 4.78 is 6.84. The zero-order valence-corrected chi connectivity index (χ0v) is 13.3. The van der Waals surface area contributed by atoms with Gasteiger partial charge in [0.15, 0.2) is 0 Å². The lowest BCUT2D eigenvalue weighted by Gasteiger charge is -2.28. The number of aryl methyl sites for hydroxylation is 2. The molecule has 1 aliphatic heterocycles. The molecule has 1 N–H and O–H groups in total. The van der Waals surface area contributed by atoms with Gasteiger partial charge in [-0.1, -0.05) is 0 Å². The molecule has 1 aliphatic rings. The number of carbonyl (C=O) groups is 2. The summed E-state index contributed by atoms with van der Waals surface area (Å²) >= 11 is 0. The highest BCUT2D eigenvalue weighted by molar-refractivity contribution is 5.91. The molecule has 1 aromatic rings. The monoisotopic (exact) mass is 309 g/mol. The van der Waals surface area contributed by atoms with Gasteiger partial charge in [0.2, 0.25) is 11.8 Å². The van der Waals surface area contributed by atoms with Crippen molar-refractivity contribution >= 4 is 17.6 Å². The summed E-state index contributed by atoms with van der Waals surface area (Å²) in [6, 6.07) is 1.80. The van der Waals surface area contributed by atoms with Crippen molar-refractivity contribution in [3.8, 4) is 0 Å². The Hall–Kier alpha value is -1.93. The molecule has 0 aromatic carbocycles. The molecule has 2 amide bonds. The van der Waals surface area contributed by atoms with Crippen molar-refractivity contribution in [3.05, 3.63) is 11.8 Å². The molecular formula is C14H23N5O3. The summed E-state index contributed by atoms with van der Waals surface area (Å²) in [7, 11) is 3.53. The fourth-order valence-electron chi connectivity index (χ4n) is 2.35. The minimum absolute atomic E-state index is 0.0231. The lowest BCUT2D eigenvalue weighted by molar-refractivity contribution is -0.136. The van der Waals surface area contributed by atoms with Crippen molar-refractivity contribution in [2.24, 2.45) is 7.05 Å². The quantitative estimate of drug-likeness (QED) is 0.790. The molecule has 8 nitrogen and oxygen atoms in total. The third-order valence-electron chi connectivity index (χ3n) is 3.45. The van der Waals surface area contributed by atoms with Gasteiger partial charge in [0.1, 0.15) is 5.82 Å². The summed E-state index contributed by atoms with van der Waals surface area (Å²) in [6.07, 6.45) is 0. The van der Waals surface area contributed by atoms with E-state index in [0.717, 1.165) is 5.69 Å². The third-order valence-corrected chi connectivity index (χ3v) is 3.45. The Labute approximate surface area is 130 Å². The molecule has 1 aromatic heterocycles. The molecule has 1 fully saturated rings. The van der Waals surface area contributed by atoms with E-state index >= 15 is 0 Å². The Morgan fingerprint density at radius 2 is 2.05 bits per heavy atom. The first-order valence-corrected chi connectivity index (χ1v) is 7.30. The number of hydrogen-bond acceptors (Lipinski definition) is 5. The molecule has 0 bridgehead atoms. The second-order valence-corrected chi connectivity index (χ2v) is 5.51. The highest BCUT2D eigenvalue weighted by Gasteiger charge is 2.19. The molecule has 0 radical (unpaired) electrons. The number of carbonyl (C=O) groups excluding carboxylic acids is 2. The maximum Gasteiger partial charge on any atom is 0.239 e. The number of nitrogens with one attached hydrogen (secondary N) is 1. The molecule has 0 saturated carbocycles. The first-order valence-electron chi connectivity index (χ1n) is 7.30. The van der Waals surface area contributed by atoms with Crippen LogP contribution in [0, 0.1) is 6.92 Å². The van der Waals surface area contributed by atoms with Gasteiger partial charge in [-0.25, -0.2) is 0 Å². The van der Waals surface area contributed by atoms with Crippen LogP contribution in [0.3, 0.4) is 0 Å². The normalized spacial score (nSPS) is 15.2. The Morgan fingerprint density at radius 1 is 1.36 bits per heavy atom. The average Bonchev–Trinajstić information content (AvgIpc) is 2.77. The number of aromatic nitrogens is 2. The zero-order valence-electron chi connectivity index (χ0n) is 13.3. The van der Waals surface area contributed by atoms with Crippen LogP contribution < -0.4 is 5.32 Å². The number of amides is 2. The van der Waals surface area contributed by atoms with Gasteiger partial charge in [-0.2, -0.15) is 5.10 Å². The molecule has 0 spiro atoms. The van der Waals surface area contributed by atoms with Gasteiger partial charge in [0, 0.05) is 26.2 Å². The number of likely N-dealkylation sites (N-methyl/N-ethyl adjacent to an activating group) is 1. The summed E-state index contributed by atoms with van der Waals surface area (Å²) in [5.74, 6) is 0.505. The number of rotatable bonds is 5. The molecular weight excluding hydrogens is 286 g/mol. The summed E-state index contributed by atoms with van der Waals surface area (Å²) in [5, 5.41) is 6.96. The lowest BCUT2D eigenvalue weighted by atomic mass is 10.3. The maximum atomic E-state index is 12.1. The van der Waals surface area contributed by atoms with Crippen molar-refractivity contribution in [2.45, 2.75) is 6.92 Å². The van der Waals surface area contributed by atoms with E-state index in [0.29, 0.717) is 32.1 Å². The molecule has 2 heterocycles. The highest BCUT2D eigenvalue weighted by Crippen LogP contribution is 2.07. The van der Waals surface area contributed by atoms with Crippen LogP contribution in [-0.4, -0.2) is 77.8 Å². The SMILES string of the molecule is Cc1cc(NC(=O)CN(C)CC(=O)N2CCOCC2)n(C)n1. The van der Waals surface area contributed by atoms with Gasteiger partial charge in [0.05, 0.1) is 32.0 Å². The van der Waals surface area contributed by atoms with E-state index in [9.17, 15) is 9.59 Å². The topological polar surface area (TPSA) is 79.7 Å². The molecule has 0 atom stereocenters. The Kier molecular flexibility index (Phi) is 5.51. The van der Waals surface area contributed by atoms with Gasteiger partial charge >= 0.3 is 0 Å². The Morgan fingerprint density at radius 3 is 2.64 bits per heavy atom. The average molecular weight is 309 g/mol. The lowest BCUT2D eigenvalue weighted by Crippen LogP contribution is -2.46. The minimum Gasteiger partial charge on any atom is -0.378 e. The van der Waals surface area contributed by atoms with E-state index in [4.69, 9.17) is 4.74 Å². The number of nitrogens with zero attached hydrogens (tertiary/aromatic N) is 4. The first kappa shape index (κ1) is 16.4. The van der Waals surface area contributed by atoms with E-state index in [2.05, 4.69) is 10.4 Å². The standard InChI is InChI=1S/C14H23N5O3/c1-11-8-12(18(3)16-11)15-13(20)9-17(2)10-14(21)19-4-6-22-7-5-19/h8H,4-7,9-10H2,1-3H3,(H,15,20). The van der Waals surface area contributed by atoms with Crippen LogP contribution in [-0.2, 0) is 21.4 Å². The molecule has 0 aliphatic carbocycles. The second-order valence-electron chi connectivity index (χ2n) is 5.51. The minimum atomic E-state index is -0.166. The largest absolute Gasteiger partial charge is 0.378 e. The van der Waals surface area contributed by atoms with Crippen LogP contribution >= 0.6 is 0 Å². The van der Waals surface area contributed by atoms with Crippen molar-refractivity contribution in [1.29, 1.82) is 0 Å². The van der Waals surface area contributed by atoms with Crippen molar-refractivity contribution in [1.82, 2.24) is 19.6 Å². The van der Waals surface area contributed by atoms with E-state index < -0.39 is 0 Å². The van der Waals surface area contributed by atoms with Crippen LogP contribution in [0.1, 0.15) is 5.69 Å². The van der Waals surface area contributed by atoms with Gasteiger partial charge in [0.25, 0.3) is 0 Å². The van der Waals surface area contributed by atoms with Crippen LogP contribution in [0.2, 0.25) is 0 Å². The molecule has 8 heteroatoms. The van der Waals surface area contributed by atoms with Crippen LogP contribution in [0.15, 0.2) is 6.07 Å². The fourth-order valence-corrected chi connectivity index (χ4v) is 2.35. The number of morpholine rings is 1. The first-order chi connectivity index (χ1) is 10.5. The number of anilines is 1. The van der Waals surface area contributed by atoms with Crippen molar-refractivity contribution in [2.75, 3.05) is 51.8 Å².